The molecule has 0 heterocycles. The van der Waals surface area contributed by atoms with Gasteiger partial charge in [-0.05, 0) is 15.9 Å². The third kappa shape index (κ3) is 2.80. The fourth-order valence-electron chi connectivity index (χ4n) is 1.81. The molecule has 100 valence electrons. The van der Waals surface area contributed by atoms with Gasteiger partial charge in [-0.15, -0.1) is 0 Å². The molecule has 1 N–H and O–H groups in total. The molecule has 0 amide bonds. The van der Waals surface area contributed by atoms with E-state index >= 15 is 0 Å². The minimum Gasteiger partial charge on any atom is -0.495 e. The lowest BCUT2D eigenvalue weighted by molar-refractivity contribution is -0.138. The highest BCUT2D eigenvalue weighted by Gasteiger charge is 2.32. The predicted molar refractivity (Wildman–Crippen MR) is 65.9 cm³/mol. The largest absolute Gasteiger partial charge is 0.495 e. The van der Waals surface area contributed by atoms with Crippen LogP contribution in [0.1, 0.15) is 25.8 Å². The number of benzene rings is 1. The molecule has 0 fully saturated rings. The van der Waals surface area contributed by atoms with Gasteiger partial charge in [0.05, 0.1) is 18.0 Å². The van der Waals surface area contributed by atoms with Crippen molar-refractivity contribution < 1.29 is 23.4 Å². The molecule has 1 aromatic carbocycles. The minimum absolute atomic E-state index is 0.0140. The van der Waals surface area contributed by atoms with Crippen LogP contribution in [-0.2, 0) is 10.2 Å². The summed E-state index contributed by atoms with van der Waals surface area (Å²) in [5.74, 6) is -2.75. The number of rotatable bonds is 4. The van der Waals surface area contributed by atoms with Gasteiger partial charge in [0.1, 0.15) is 17.4 Å². The van der Waals surface area contributed by atoms with Crippen LogP contribution in [0.5, 0.6) is 5.75 Å². The fourth-order valence-corrected chi connectivity index (χ4v) is 2.28. The molecule has 0 spiro atoms. The minimum atomic E-state index is -1.16. The van der Waals surface area contributed by atoms with Crippen LogP contribution in [0.3, 0.4) is 0 Å². The van der Waals surface area contributed by atoms with Crippen molar-refractivity contribution in [3.05, 3.63) is 27.7 Å². The molecule has 1 aromatic rings. The average Bonchev–Trinajstić information content (AvgIpc) is 2.21. The van der Waals surface area contributed by atoms with Crippen molar-refractivity contribution in [3.8, 4) is 5.75 Å². The molecule has 6 heteroatoms. The van der Waals surface area contributed by atoms with Gasteiger partial charge in [-0.3, -0.25) is 4.79 Å². The summed E-state index contributed by atoms with van der Waals surface area (Å²) in [6.45, 7) is 2.95. The molecule has 0 aliphatic carbocycles. The zero-order chi connectivity index (χ0) is 14.1. The summed E-state index contributed by atoms with van der Waals surface area (Å²) in [4.78, 5) is 10.7. The second-order valence-electron chi connectivity index (χ2n) is 4.52. The van der Waals surface area contributed by atoms with Gasteiger partial charge < -0.3 is 9.84 Å². The quantitative estimate of drug-likeness (QED) is 0.863. The highest BCUT2D eigenvalue weighted by Crippen LogP contribution is 2.38. The summed E-state index contributed by atoms with van der Waals surface area (Å²) in [7, 11) is 1.29. The number of ether oxygens (including phenoxy) is 1. The summed E-state index contributed by atoms with van der Waals surface area (Å²) in [6, 6.07) is 1.03. The van der Waals surface area contributed by atoms with Crippen LogP contribution >= 0.6 is 15.9 Å². The van der Waals surface area contributed by atoms with Crippen LogP contribution < -0.4 is 4.74 Å². The Labute approximate surface area is 112 Å². The van der Waals surface area contributed by atoms with Crippen LogP contribution in [-0.4, -0.2) is 18.2 Å². The number of methoxy groups -OCH3 is 1. The summed E-state index contributed by atoms with van der Waals surface area (Å²) >= 11 is 2.97. The zero-order valence-electron chi connectivity index (χ0n) is 10.2. The van der Waals surface area contributed by atoms with Gasteiger partial charge in [0.2, 0.25) is 0 Å². The second-order valence-corrected chi connectivity index (χ2v) is 5.31. The Bertz CT molecular complexity index is 487. The number of halogens is 3. The van der Waals surface area contributed by atoms with Crippen molar-refractivity contribution in [2.24, 2.45) is 0 Å². The van der Waals surface area contributed by atoms with Crippen LogP contribution in [0.2, 0.25) is 0 Å². The first-order valence-electron chi connectivity index (χ1n) is 5.14. The van der Waals surface area contributed by atoms with Gasteiger partial charge >= 0.3 is 5.97 Å². The van der Waals surface area contributed by atoms with Crippen LogP contribution in [0.15, 0.2) is 10.5 Å². The first kappa shape index (κ1) is 14.9. The van der Waals surface area contributed by atoms with Crippen molar-refractivity contribution in [1.29, 1.82) is 0 Å². The van der Waals surface area contributed by atoms with E-state index in [2.05, 4.69) is 15.9 Å². The van der Waals surface area contributed by atoms with Crippen LogP contribution in [0.4, 0.5) is 8.78 Å². The van der Waals surface area contributed by atoms with Crippen LogP contribution in [0, 0.1) is 11.6 Å². The van der Waals surface area contributed by atoms with Gasteiger partial charge in [-0.2, -0.15) is 0 Å². The third-order valence-electron chi connectivity index (χ3n) is 2.62. The Balaban J connectivity index is 3.42. The Morgan fingerprint density at radius 3 is 2.50 bits per heavy atom. The Kier molecular flexibility index (Phi) is 4.32. The standard InChI is InChI=1S/C12H13BrF2O3/c1-12(2,5-8(16)17)9-6(14)4-7(18-3)10(13)11(9)15/h4H,5H2,1-3H3,(H,16,17). The first-order valence-corrected chi connectivity index (χ1v) is 5.93. The van der Waals surface area contributed by atoms with Crippen molar-refractivity contribution in [2.45, 2.75) is 25.7 Å². The Morgan fingerprint density at radius 2 is 2.06 bits per heavy atom. The highest BCUT2D eigenvalue weighted by atomic mass is 79.9. The average molecular weight is 323 g/mol. The van der Waals surface area contributed by atoms with E-state index in [-0.39, 0.29) is 22.2 Å². The molecule has 0 saturated carbocycles. The lowest BCUT2D eigenvalue weighted by atomic mass is 9.81. The number of carbonyl (C=O) groups is 1. The summed E-state index contributed by atoms with van der Waals surface area (Å²) in [5, 5.41) is 8.78. The van der Waals surface area contributed by atoms with Crippen molar-refractivity contribution in [1.82, 2.24) is 0 Å². The maximum Gasteiger partial charge on any atom is 0.304 e. The van der Waals surface area contributed by atoms with Gasteiger partial charge in [0.25, 0.3) is 0 Å². The van der Waals surface area contributed by atoms with Gasteiger partial charge in [0.15, 0.2) is 0 Å². The van der Waals surface area contributed by atoms with E-state index in [9.17, 15) is 13.6 Å². The Hall–Kier alpha value is -1.17. The molecule has 3 nitrogen and oxygen atoms in total. The number of hydrogen-bond donors (Lipinski definition) is 1. The number of aliphatic carboxylic acids is 1. The number of hydrogen-bond acceptors (Lipinski definition) is 2. The molecule has 0 aromatic heterocycles. The summed E-state index contributed by atoms with van der Waals surface area (Å²) < 4.78 is 32.8. The van der Waals surface area contributed by atoms with Crippen molar-refractivity contribution in [3.63, 3.8) is 0 Å². The van der Waals surface area contributed by atoms with Crippen molar-refractivity contribution >= 4 is 21.9 Å². The van der Waals surface area contributed by atoms with E-state index in [1.165, 1.54) is 21.0 Å². The number of carboxylic acids is 1. The molecule has 0 saturated heterocycles. The molecule has 0 aliphatic rings. The SMILES string of the molecule is COc1cc(F)c(C(C)(C)CC(=O)O)c(F)c1Br. The maximum atomic E-state index is 14.1. The van der Waals surface area contributed by atoms with E-state index in [4.69, 9.17) is 9.84 Å². The van der Waals surface area contributed by atoms with Crippen molar-refractivity contribution in [2.75, 3.05) is 7.11 Å². The van der Waals surface area contributed by atoms with E-state index in [1.807, 2.05) is 0 Å². The van der Waals surface area contributed by atoms with E-state index in [1.54, 1.807) is 0 Å². The molecular weight excluding hydrogens is 310 g/mol. The van der Waals surface area contributed by atoms with Gasteiger partial charge in [-0.25, -0.2) is 8.78 Å². The molecule has 0 bridgehead atoms. The molecule has 1 rings (SSSR count). The van der Waals surface area contributed by atoms with Crippen LogP contribution in [0.25, 0.3) is 0 Å². The van der Waals surface area contributed by atoms with E-state index in [0.29, 0.717) is 0 Å². The Morgan fingerprint density at radius 1 is 1.50 bits per heavy atom. The summed E-state index contributed by atoms with van der Waals surface area (Å²) in [6.07, 6.45) is -0.375. The summed E-state index contributed by atoms with van der Waals surface area (Å²) in [5.41, 5.74) is -1.42. The molecule has 18 heavy (non-hydrogen) atoms. The smallest absolute Gasteiger partial charge is 0.304 e. The van der Waals surface area contributed by atoms with Gasteiger partial charge in [-0.1, -0.05) is 13.8 Å². The molecule has 0 unspecified atom stereocenters. The van der Waals surface area contributed by atoms with E-state index in [0.717, 1.165) is 6.07 Å². The zero-order valence-corrected chi connectivity index (χ0v) is 11.8. The monoisotopic (exact) mass is 322 g/mol. The lowest BCUT2D eigenvalue weighted by Gasteiger charge is -2.25. The predicted octanol–water partition coefficient (Wildman–Crippen LogP) is 3.49. The lowest BCUT2D eigenvalue weighted by Crippen LogP contribution is -2.25. The van der Waals surface area contributed by atoms with E-state index < -0.39 is 23.0 Å². The topological polar surface area (TPSA) is 46.5 Å². The highest BCUT2D eigenvalue weighted by molar-refractivity contribution is 9.10. The molecular formula is C12H13BrF2O3. The maximum absolute atomic E-state index is 14.1. The molecule has 0 atom stereocenters. The first-order chi connectivity index (χ1) is 8.20. The van der Waals surface area contributed by atoms with Gasteiger partial charge in [0, 0.05) is 17.0 Å². The normalized spacial score (nSPS) is 11.4. The third-order valence-corrected chi connectivity index (χ3v) is 3.35. The second kappa shape index (κ2) is 5.22. The molecule has 0 radical (unpaired) electrons. The molecule has 0 aliphatic heterocycles. The number of carboxylic acid groups (broad SMARTS) is 1. The fraction of sp³-hybridized carbons (Fsp3) is 0.417.